The minimum atomic E-state index is -0.217. The second-order valence-corrected chi connectivity index (χ2v) is 8.52. The molecule has 0 radical (unpaired) electrons. The van der Waals surface area contributed by atoms with Gasteiger partial charge in [0.25, 0.3) is 5.91 Å². The molecule has 3 aromatic rings. The van der Waals surface area contributed by atoms with Crippen LogP contribution in [-0.2, 0) is 13.6 Å². The fraction of sp³-hybridized carbons (Fsp3) is 0.286. The number of carbonyl (C=O) groups is 1. The summed E-state index contributed by atoms with van der Waals surface area (Å²) in [5, 5.41) is 11.0. The van der Waals surface area contributed by atoms with Crippen LogP contribution in [0.3, 0.4) is 0 Å². The Hall–Kier alpha value is -4.00. The van der Waals surface area contributed by atoms with Gasteiger partial charge >= 0.3 is 0 Å². The first-order chi connectivity index (χ1) is 16.8. The molecule has 0 fully saturated rings. The zero-order chi connectivity index (χ0) is 25.4. The van der Waals surface area contributed by atoms with Crippen LogP contribution in [0.5, 0.6) is 0 Å². The molecule has 2 N–H and O–H groups in total. The van der Waals surface area contributed by atoms with Crippen LogP contribution >= 0.6 is 0 Å². The molecular formula is C28H34N6O. The summed E-state index contributed by atoms with van der Waals surface area (Å²) >= 11 is 0. The van der Waals surface area contributed by atoms with Crippen molar-refractivity contribution in [3.63, 3.8) is 0 Å². The highest BCUT2D eigenvalue weighted by atomic mass is 16.2. The summed E-state index contributed by atoms with van der Waals surface area (Å²) in [5.74, 6) is 0.558. The SMILES string of the molecule is C\C=C/C(=N\C(Nc1cc(C)cc(C)c1)=C(/C)CC)c1cc(C(=O)NCc2ccccn2)n(C)n1. The Bertz CT molecular complexity index is 1250. The first-order valence-corrected chi connectivity index (χ1v) is 11.8. The lowest BCUT2D eigenvalue weighted by Crippen LogP contribution is -2.25. The minimum Gasteiger partial charge on any atom is -0.345 e. The van der Waals surface area contributed by atoms with E-state index in [9.17, 15) is 4.79 Å². The fourth-order valence-corrected chi connectivity index (χ4v) is 3.61. The van der Waals surface area contributed by atoms with E-state index in [1.165, 1.54) is 11.1 Å². The molecule has 35 heavy (non-hydrogen) atoms. The minimum absolute atomic E-state index is 0.217. The number of aromatic nitrogens is 3. The van der Waals surface area contributed by atoms with Crippen LogP contribution in [0.15, 0.2) is 77.2 Å². The highest BCUT2D eigenvalue weighted by Crippen LogP contribution is 2.20. The predicted molar refractivity (Wildman–Crippen MR) is 142 cm³/mol. The van der Waals surface area contributed by atoms with Crippen molar-refractivity contribution in [2.45, 2.75) is 47.6 Å². The summed E-state index contributed by atoms with van der Waals surface area (Å²) in [7, 11) is 1.76. The summed E-state index contributed by atoms with van der Waals surface area (Å²) < 4.78 is 1.58. The Morgan fingerprint density at radius 3 is 2.51 bits per heavy atom. The summed E-state index contributed by atoms with van der Waals surface area (Å²) in [6.45, 7) is 10.6. The molecule has 0 unspecified atom stereocenters. The van der Waals surface area contributed by atoms with Crippen LogP contribution in [0, 0.1) is 13.8 Å². The van der Waals surface area contributed by atoms with Crippen LogP contribution in [0.1, 0.15) is 60.2 Å². The average molecular weight is 471 g/mol. The van der Waals surface area contributed by atoms with Crippen molar-refractivity contribution in [3.8, 4) is 0 Å². The number of nitrogens with one attached hydrogen (secondary N) is 2. The molecule has 0 aliphatic heterocycles. The third-order valence-corrected chi connectivity index (χ3v) is 5.51. The molecule has 2 heterocycles. The molecule has 2 aromatic heterocycles. The highest BCUT2D eigenvalue weighted by Gasteiger charge is 2.16. The molecule has 0 bridgehead atoms. The lowest BCUT2D eigenvalue weighted by Gasteiger charge is -2.13. The normalized spacial score (nSPS) is 12.6. The highest BCUT2D eigenvalue weighted by molar-refractivity contribution is 6.09. The molecule has 7 nitrogen and oxygen atoms in total. The van der Waals surface area contributed by atoms with Gasteiger partial charge in [0.1, 0.15) is 17.2 Å². The summed E-state index contributed by atoms with van der Waals surface area (Å²) in [6.07, 6.45) is 6.39. The molecule has 0 aliphatic carbocycles. The summed E-state index contributed by atoms with van der Waals surface area (Å²) in [5.41, 5.74) is 7.02. The fourth-order valence-electron chi connectivity index (χ4n) is 3.61. The Morgan fingerprint density at radius 2 is 1.89 bits per heavy atom. The number of anilines is 1. The van der Waals surface area contributed by atoms with Crippen LogP contribution in [0.2, 0.25) is 0 Å². The topological polar surface area (TPSA) is 84.2 Å². The van der Waals surface area contributed by atoms with E-state index < -0.39 is 0 Å². The molecule has 0 saturated heterocycles. The van der Waals surface area contributed by atoms with Gasteiger partial charge < -0.3 is 10.6 Å². The van der Waals surface area contributed by atoms with Crippen LogP contribution in [-0.4, -0.2) is 26.4 Å². The van der Waals surface area contributed by atoms with Gasteiger partial charge in [0.15, 0.2) is 0 Å². The molecule has 1 amide bonds. The predicted octanol–water partition coefficient (Wildman–Crippen LogP) is 5.48. The van der Waals surface area contributed by atoms with Gasteiger partial charge in [0.05, 0.1) is 18.0 Å². The quantitative estimate of drug-likeness (QED) is 0.406. The van der Waals surface area contributed by atoms with E-state index >= 15 is 0 Å². The Balaban J connectivity index is 1.90. The third-order valence-electron chi connectivity index (χ3n) is 5.51. The number of nitrogens with zero attached hydrogens (tertiary/aromatic N) is 4. The maximum atomic E-state index is 12.8. The number of carbonyl (C=O) groups excluding carboxylic acids is 1. The smallest absolute Gasteiger partial charge is 0.269 e. The summed E-state index contributed by atoms with van der Waals surface area (Å²) in [6, 6.07) is 13.7. The number of allylic oxidation sites excluding steroid dienone is 3. The third kappa shape index (κ3) is 6.99. The van der Waals surface area contributed by atoms with Gasteiger partial charge in [-0.1, -0.05) is 25.1 Å². The summed E-state index contributed by atoms with van der Waals surface area (Å²) in [4.78, 5) is 22.0. The van der Waals surface area contributed by atoms with Gasteiger partial charge in [0, 0.05) is 18.9 Å². The number of pyridine rings is 1. The van der Waals surface area contributed by atoms with E-state index in [0.717, 1.165) is 29.2 Å². The van der Waals surface area contributed by atoms with Crippen molar-refractivity contribution in [1.29, 1.82) is 0 Å². The molecular weight excluding hydrogens is 436 g/mol. The van der Waals surface area contributed by atoms with Crippen molar-refractivity contribution in [3.05, 3.63) is 100 Å². The number of rotatable bonds is 9. The molecule has 0 aliphatic rings. The zero-order valence-corrected chi connectivity index (χ0v) is 21.4. The number of aliphatic imine (C=N–C) groups is 1. The second kappa shape index (κ2) is 11.9. The Kier molecular flexibility index (Phi) is 8.73. The van der Waals surface area contributed by atoms with Crippen molar-refractivity contribution >= 4 is 17.3 Å². The molecule has 0 spiro atoms. The maximum Gasteiger partial charge on any atom is 0.269 e. The first kappa shape index (κ1) is 25.6. The van der Waals surface area contributed by atoms with E-state index in [0.29, 0.717) is 23.6 Å². The molecule has 7 heteroatoms. The van der Waals surface area contributed by atoms with Gasteiger partial charge in [-0.25, -0.2) is 4.99 Å². The Labute approximate surface area is 207 Å². The molecule has 0 saturated carbocycles. The number of amides is 1. The van der Waals surface area contributed by atoms with Gasteiger partial charge in [-0.05, 0) is 87.2 Å². The first-order valence-electron chi connectivity index (χ1n) is 11.8. The molecule has 182 valence electrons. The van der Waals surface area contributed by atoms with Crippen molar-refractivity contribution in [2.75, 3.05) is 5.32 Å². The number of aryl methyl sites for hydroxylation is 3. The lowest BCUT2D eigenvalue weighted by atomic mass is 10.1. The lowest BCUT2D eigenvalue weighted by molar-refractivity contribution is 0.0941. The second-order valence-electron chi connectivity index (χ2n) is 8.52. The van der Waals surface area contributed by atoms with E-state index in [-0.39, 0.29) is 5.91 Å². The largest absolute Gasteiger partial charge is 0.345 e. The number of benzene rings is 1. The van der Waals surface area contributed by atoms with Gasteiger partial charge in [-0.3, -0.25) is 14.5 Å². The van der Waals surface area contributed by atoms with E-state index in [1.807, 2.05) is 37.3 Å². The van der Waals surface area contributed by atoms with Crippen LogP contribution < -0.4 is 10.6 Å². The number of hydrogen-bond acceptors (Lipinski definition) is 5. The average Bonchev–Trinajstić information content (AvgIpc) is 3.22. The monoisotopic (exact) mass is 470 g/mol. The van der Waals surface area contributed by atoms with Crippen molar-refractivity contribution < 1.29 is 4.79 Å². The number of hydrogen-bond donors (Lipinski definition) is 2. The van der Waals surface area contributed by atoms with Crippen molar-refractivity contribution in [1.82, 2.24) is 20.1 Å². The van der Waals surface area contributed by atoms with Crippen molar-refractivity contribution in [2.24, 2.45) is 12.0 Å². The van der Waals surface area contributed by atoms with Crippen LogP contribution in [0.25, 0.3) is 0 Å². The standard InChI is InChI=1S/C28H34N6O/c1-7-11-24(32-27(21(5)8-2)31-23-15-19(3)14-20(4)16-23)25-17-26(34(6)33-25)28(35)30-18-22-12-9-10-13-29-22/h7,9-17,31H,8,18H2,1-6H3,(H,30,35)/b11-7-,27-21+,32-24+. The Morgan fingerprint density at radius 1 is 1.14 bits per heavy atom. The van der Waals surface area contributed by atoms with Gasteiger partial charge in [-0.2, -0.15) is 5.10 Å². The molecule has 0 atom stereocenters. The molecule has 3 rings (SSSR count). The zero-order valence-electron chi connectivity index (χ0n) is 21.4. The van der Waals surface area contributed by atoms with Gasteiger partial charge in [-0.15, -0.1) is 0 Å². The maximum absolute atomic E-state index is 12.8. The van der Waals surface area contributed by atoms with E-state index in [1.54, 1.807) is 24.0 Å². The van der Waals surface area contributed by atoms with E-state index in [4.69, 9.17) is 4.99 Å². The van der Waals surface area contributed by atoms with E-state index in [2.05, 4.69) is 66.6 Å². The van der Waals surface area contributed by atoms with Crippen LogP contribution in [0.4, 0.5) is 5.69 Å². The molecule has 1 aromatic carbocycles. The van der Waals surface area contributed by atoms with Gasteiger partial charge in [0.2, 0.25) is 0 Å².